The van der Waals surface area contributed by atoms with Crippen LogP contribution in [0.1, 0.15) is 26.2 Å². The fourth-order valence-electron chi connectivity index (χ4n) is 2.26. The predicted octanol–water partition coefficient (Wildman–Crippen LogP) is 1.88. The Morgan fingerprint density at radius 1 is 1.38 bits per heavy atom. The topological polar surface area (TPSA) is 102 Å². The van der Waals surface area contributed by atoms with Gasteiger partial charge in [0.2, 0.25) is 0 Å². The highest BCUT2D eigenvalue weighted by molar-refractivity contribution is 5.86. The van der Waals surface area contributed by atoms with Gasteiger partial charge in [-0.3, -0.25) is 9.59 Å². The molecule has 0 aromatic carbocycles. The maximum Gasteiger partial charge on any atom is 0.330 e. The molecule has 0 spiro atoms. The van der Waals surface area contributed by atoms with Gasteiger partial charge in [0.15, 0.2) is 0 Å². The van der Waals surface area contributed by atoms with Gasteiger partial charge in [0.1, 0.15) is 19.1 Å². The minimum absolute atomic E-state index is 0.00993. The average molecular weight is 369 g/mol. The lowest BCUT2D eigenvalue weighted by molar-refractivity contribution is -0.142. The normalized spacial score (nSPS) is 21.0. The van der Waals surface area contributed by atoms with Gasteiger partial charge in [0, 0.05) is 32.7 Å². The monoisotopic (exact) mass is 369 g/mol. The first-order valence-electron chi connectivity index (χ1n) is 8.05. The molecule has 2 unspecified atom stereocenters. The zero-order chi connectivity index (χ0) is 19.8. The van der Waals surface area contributed by atoms with Crippen molar-refractivity contribution in [3.8, 4) is 0 Å². The van der Waals surface area contributed by atoms with E-state index in [1.54, 1.807) is 14.2 Å². The summed E-state index contributed by atoms with van der Waals surface area (Å²) in [7, 11) is 3.25. The molecular weight excluding hydrogens is 342 g/mol. The smallest absolute Gasteiger partial charge is 0.330 e. The SMILES string of the molecule is CC1=CN(C2CCC(COC(=O)/C=C/C=O)O2)C=CC1.COC.O=CO. The van der Waals surface area contributed by atoms with E-state index >= 15 is 0 Å². The van der Waals surface area contributed by atoms with Crippen molar-refractivity contribution in [1.29, 1.82) is 0 Å². The molecule has 2 atom stereocenters. The molecule has 1 saturated heterocycles. The zero-order valence-electron chi connectivity index (χ0n) is 15.4. The second kappa shape index (κ2) is 14.9. The first-order valence-corrected chi connectivity index (χ1v) is 8.05. The molecular formula is C18H27NO7. The number of allylic oxidation sites excluding steroid dienone is 3. The largest absolute Gasteiger partial charge is 0.483 e. The van der Waals surface area contributed by atoms with E-state index in [0.29, 0.717) is 6.29 Å². The number of methoxy groups -OCH3 is 1. The van der Waals surface area contributed by atoms with Crippen LogP contribution in [0.4, 0.5) is 0 Å². The summed E-state index contributed by atoms with van der Waals surface area (Å²) in [4.78, 5) is 31.7. The van der Waals surface area contributed by atoms with E-state index in [0.717, 1.165) is 31.4 Å². The van der Waals surface area contributed by atoms with Gasteiger partial charge in [-0.15, -0.1) is 0 Å². The number of ether oxygens (including phenoxy) is 3. The highest BCUT2D eigenvalue weighted by Crippen LogP contribution is 2.26. The van der Waals surface area contributed by atoms with Crippen LogP contribution in [0.5, 0.6) is 0 Å². The number of hydrogen-bond donors (Lipinski definition) is 1. The van der Waals surface area contributed by atoms with E-state index in [2.05, 4.69) is 28.8 Å². The molecule has 1 fully saturated rings. The molecule has 0 aliphatic carbocycles. The van der Waals surface area contributed by atoms with Gasteiger partial charge in [0.25, 0.3) is 6.47 Å². The van der Waals surface area contributed by atoms with Crippen LogP contribution in [-0.2, 0) is 28.6 Å². The number of hydrogen-bond acceptors (Lipinski definition) is 7. The molecule has 0 saturated carbocycles. The van der Waals surface area contributed by atoms with Crippen molar-refractivity contribution < 1.29 is 33.7 Å². The van der Waals surface area contributed by atoms with Gasteiger partial charge in [-0.05, 0) is 32.3 Å². The predicted molar refractivity (Wildman–Crippen MR) is 95.0 cm³/mol. The third-order valence-electron chi connectivity index (χ3n) is 3.23. The summed E-state index contributed by atoms with van der Waals surface area (Å²) >= 11 is 0. The van der Waals surface area contributed by atoms with E-state index in [4.69, 9.17) is 19.4 Å². The third kappa shape index (κ3) is 10.4. The van der Waals surface area contributed by atoms with Gasteiger partial charge in [-0.2, -0.15) is 0 Å². The first kappa shape index (κ1) is 23.5. The Bertz CT molecular complexity index is 514. The third-order valence-corrected chi connectivity index (χ3v) is 3.23. The van der Waals surface area contributed by atoms with Crippen LogP contribution in [0.2, 0.25) is 0 Å². The number of esters is 1. The van der Waals surface area contributed by atoms with Crippen LogP contribution in [0.15, 0.2) is 36.2 Å². The van der Waals surface area contributed by atoms with Crippen molar-refractivity contribution in [3.63, 3.8) is 0 Å². The summed E-state index contributed by atoms with van der Waals surface area (Å²) in [6.07, 6.45) is 11.7. The molecule has 146 valence electrons. The van der Waals surface area contributed by atoms with E-state index in [-0.39, 0.29) is 25.4 Å². The van der Waals surface area contributed by atoms with Gasteiger partial charge in [-0.1, -0.05) is 11.6 Å². The number of carbonyl (C=O) groups is 3. The number of carbonyl (C=O) groups excluding carboxylic acids is 2. The van der Waals surface area contributed by atoms with E-state index in [1.165, 1.54) is 5.57 Å². The maximum absolute atomic E-state index is 11.2. The molecule has 2 heterocycles. The Hall–Kier alpha value is -2.45. The van der Waals surface area contributed by atoms with Gasteiger partial charge >= 0.3 is 5.97 Å². The minimum atomic E-state index is -0.516. The van der Waals surface area contributed by atoms with Gasteiger partial charge < -0.3 is 24.2 Å². The minimum Gasteiger partial charge on any atom is -0.483 e. The van der Waals surface area contributed by atoms with Crippen molar-refractivity contribution in [2.75, 3.05) is 20.8 Å². The lowest BCUT2D eigenvalue weighted by Crippen LogP contribution is -2.29. The molecule has 0 bridgehead atoms. The summed E-state index contributed by atoms with van der Waals surface area (Å²) in [5, 5.41) is 6.89. The Morgan fingerprint density at radius 2 is 2.04 bits per heavy atom. The highest BCUT2D eigenvalue weighted by Gasteiger charge is 2.29. The number of aldehydes is 1. The fraction of sp³-hybridized carbons (Fsp3) is 0.500. The van der Waals surface area contributed by atoms with Crippen LogP contribution in [0.3, 0.4) is 0 Å². The first-order chi connectivity index (χ1) is 12.5. The van der Waals surface area contributed by atoms with Crippen LogP contribution >= 0.6 is 0 Å². The zero-order valence-corrected chi connectivity index (χ0v) is 15.4. The summed E-state index contributed by atoms with van der Waals surface area (Å²) in [6.45, 7) is 2.06. The van der Waals surface area contributed by atoms with Crippen molar-refractivity contribution in [2.45, 2.75) is 38.5 Å². The van der Waals surface area contributed by atoms with Gasteiger partial charge in [-0.25, -0.2) is 4.79 Å². The van der Waals surface area contributed by atoms with Crippen LogP contribution in [0, 0.1) is 0 Å². The second-order valence-corrected chi connectivity index (χ2v) is 5.44. The van der Waals surface area contributed by atoms with E-state index in [1.807, 2.05) is 6.20 Å². The summed E-state index contributed by atoms with van der Waals surface area (Å²) in [6, 6.07) is 0. The van der Waals surface area contributed by atoms with Gasteiger partial charge in [0.05, 0.1) is 6.10 Å². The van der Waals surface area contributed by atoms with Crippen LogP contribution in [-0.4, -0.2) is 61.9 Å². The standard InChI is InChI=1S/C15H19NO4.C2H6O.CH2O2/c1-12-4-2-8-16(10-12)14-7-6-13(20-14)11-19-15(18)5-3-9-17;1-3-2;2-1-3/h2-3,5,8-10,13-14H,4,6-7,11H2,1H3;1-2H3;1H,(H,2,3)/b5-3+;;. The molecule has 1 N–H and O–H groups in total. The molecule has 8 heteroatoms. The summed E-state index contributed by atoms with van der Waals surface area (Å²) in [5.74, 6) is -0.516. The quantitative estimate of drug-likeness (QED) is 0.445. The fourth-order valence-corrected chi connectivity index (χ4v) is 2.26. The molecule has 0 amide bonds. The highest BCUT2D eigenvalue weighted by atomic mass is 16.6. The molecule has 8 nitrogen and oxygen atoms in total. The van der Waals surface area contributed by atoms with Crippen molar-refractivity contribution in [2.24, 2.45) is 0 Å². The molecule has 0 aromatic rings. The Morgan fingerprint density at radius 3 is 2.62 bits per heavy atom. The molecule has 2 aliphatic heterocycles. The lowest BCUT2D eigenvalue weighted by atomic mass is 10.2. The van der Waals surface area contributed by atoms with E-state index < -0.39 is 5.97 Å². The van der Waals surface area contributed by atoms with E-state index in [9.17, 15) is 9.59 Å². The average Bonchev–Trinajstić information content (AvgIpc) is 3.09. The molecule has 26 heavy (non-hydrogen) atoms. The van der Waals surface area contributed by atoms with Crippen molar-refractivity contribution >= 4 is 18.7 Å². The lowest BCUT2D eigenvalue weighted by Gasteiger charge is -2.26. The number of rotatable bonds is 5. The van der Waals surface area contributed by atoms with Crippen LogP contribution in [0.25, 0.3) is 0 Å². The molecule has 0 radical (unpaired) electrons. The van der Waals surface area contributed by atoms with Crippen molar-refractivity contribution in [3.05, 3.63) is 36.2 Å². The van der Waals surface area contributed by atoms with Crippen LogP contribution < -0.4 is 0 Å². The molecule has 0 aromatic heterocycles. The summed E-state index contributed by atoms with van der Waals surface area (Å²) < 4.78 is 15.1. The van der Waals surface area contributed by atoms with Crippen molar-refractivity contribution in [1.82, 2.24) is 4.90 Å². The Kier molecular flexibility index (Phi) is 13.5. The number of nitrogens with zero attached hydrogens (tertiary/aromatic N) is 1. The Labute approximate surface area is 153 Å². The Balaban J connectivity index is 0.000000918. The molecule has 2 aliphatic rings. The molecule has 2 rings (SSSR count). The second-order valence-electron chi connectivity index (χ2n) is 5.44. The summed E-state index contributed by atoms with van der Waals surface area (Å²) in [5.41, 5.74) is 1.30. The maximum atomic E-state index is 11.2. The number of carboxylic acid groups (broad SMARTS) is 1.